The lowest BCUT2D eigenvalue weighted by molar-refractivity contribution is -0.121. The maximum atomic E-state index is 14.1. The number of hydrogen-bond acceptors (Lipinski definition) is 8. The Morgan fingerprint density at radius 2 is 2.02 bits per heavy atom. The second-order valence-electron chi connectivity index (χ2n) is 12.5. The summed E-state index contributed by atoms with van der Waals surface area (Å²) in [6.45, 7) is 14.3. The van der Waals surface area contributed by atoms with Gasteiger partial charge in [0.1, 0.15) is 18.2 Å². The molecule has 11 heteroatoms. The molecule has 10 nitrogen and oxygen atoms in total. The molecular weight excluding hydrogens is 525 g/mol. The van der Waals surface area contributed by atoms with Crippen molar-refractivity contribution in [1.82, 2.24) is 29.7 Å². The zero-order chi connectivity index (χ0) is 28.9. The number of aromatic nitrogens is 3. The van der Waals surface area contributed by atoms with Gasteiger partial charge in [-0.1, -0.05) is 26.0 Å². The van der Waals surface area contributed by atoms with Crippen LogP contribution in [-0.2, 0) is 14.9 Å². The fourth-order valence-corrected chi connectivity index (χ4v) is 6.65. The number of halogens is 1. The number of fused-ring (bicyclic) bond motifs is 3. The fraction of sp³-hybridized carbons (Fsp3) is 0.567. The molecule has 0 radical (unpaired) electrons. The number of morpholine rings is 1. The number of ether oxygens (including phenoxy) is 1. The fourth-order valence-electron chi connectivity index (χ4n) is 6.65. The van der Waals surface area contributed by atoms with E-state index in [1.165, 1.54) is 12.1 Å². The summed E-state index contributed by atoms with van der Waals surface area (Å²) >= 11 is 0. The van der Waals surface area contributed by atoms with Gasteiger partial charge in [-0.2, -0.15) is 0 Å². The molecule has 0 aliphatic carbocycles. The summed E-state index contributed by atoms with van der Waals surface area (Å²) in [6, 6.07) is 8.50. The highest BCUT2D eigenvalue weighted by molar-refractivity contribution is 5.98. The second-order valence-corrected chi connectivity index (χ2v) is 12.5. The minimum atomic E-state index is -1.05. The van der Waals surface area contributed by atoms with E-state index < -0.39 is 6.10 Å². The number of benzene rings is 1. The first-order valence-electron chi connectivity index (χ1n) is 14.5. The Labute approximate surface area is 240 Å². The summed E-state index contributed by atoms with van der Waals surface area (Å²) in [5.41, 5.74) is 2.93. The van der Waals surface area contributed by atoms with Crippen LogP contribution in [0, 0.1) is 5.82 Å². The second kappa shape index (κ2) is 11.0. The molecule has 2 fully saturated rings. The van der Waals surface area contributed by atoms with Gasteiger partial charge in [0.25, 0.3) is 0 Å². The van der Waals surface area contributed by atoms with Crippen LogP contribution in [0.15, 0.2) is 36.7 Å². The number of nitrogens with one attached hydrogen (secondary N) is 1. The van der Waals surface area contributed by atoms with Crippen molar-refractivity contribution < 1.29 is 19.0 Å². The SMILES string of the molecule is C[C@@H]1CN(CC(=O)N2CC(C)(C)c3c2cc([C@@H](O)c2ccc(F)cc2)c2nncn32)[C@@H](CN2CCOC[C@H]2C)CN1. The summed E-state index contributed by atoms with van der Waals surface area (Å²) in [5.74, 6) is -0.342. The number of piperazine rings is 1. The van der Waals surface area contributed by atoms with Gasteiger partial charge in [0.15, 0.2) is 5.65 Å². The zero-order valence-corrected chi connectivity index (χ0v) is 24.3. The van der Waals surface area contributed by atoms with E-state index in [1.54, 1.807) is 18.5 Å². The first-order chi connectivity index (χ1) is 19.6. The minimum absolute atomic E-state index is 0.0283. The summed E-state index contributed by atoms with van der Waals surface area (Å²) in [4.78, 5) is 20.8. The molecule has 41 heavy (non-hydrogen) atoms. The van der Waals surface area contributed by atoms with E-state index in [0.29, 0.717) is 35.9 Å². The predicted molar refractivity (Wildman–Crippen MR) is 154 cm³/mol. The summed E-state index contributed by atoms with van der Waals surface area (Å²) in [5, 5.41) is 23.4. The van der Waals surface area contributed by atoms with E-state index >= 15 is 0 Å². The van der Waals surface area contributed by atoms with Gasteiger partial charge in [0, 0.05) is 61.8 Å². The standard InChI is InChI=1S/C30H40FN7O3/c1-19-13-36(23(12-32-19)14-35-9-10-41-16-20(35)2)15-26(39)37-17-30(3,4)28-25(37)11-24(29-34-33-18-38(28)29)27(40)21-5-7-22(31)8-6-21/h5-8,11,18-20,23,27,32,40H,9-10,12-17H2,1-4H3/t19-,20-,23-,27+/m1/s1. The molecule has 0 saturated carbocycles. The summed E-state index contributed by atoms with van der Waals surface area (Å²) in [7, 11) is 0. The number of nitrogens with zero attached hydrogens (tertiary/aromatic N) is 6. The molecule has 2 saturated heterocycles. The largest absolute Gasteiger partial charge is 0.384 e. The third kappa shape index (κ3) is 5.37. The number of pyridine rings is 1. The first-order valence-corrected chi connectivity index (χ1v) is 14.5. The number of carbonyl (C=O) groups excluding carboxylic acids is 1. The Hall–Kier alpha value is -2.96. The van der Waals surface area contributed by atoms with E-state index in [9.17, 15) is 14.3 Å². The molecule has 220 valence electrons. The average Bonchev–Trinajstić information content (AvgIpc) is 3.53. The number of rotatable bonds is 6. The van der Waals surface area contributed by atoms with Crippen LogP contribution >= 0.6 is 0 Å². The van der Waals surface area contributed by atoms with Gasteiger partial charge in [0.05, 0.1) is 31.1 Å². The third-order valence-corrected chi connectivity index (χ3v) is 8.86. The van der Waals surface area contributed by atoms with Gasteiger partial charge in [-0.25, -0.2) is 4.39 Å². The molecule has 2 N–H and O–H groups in total. The van der Waals surface area contributed by atoms with Crippen molar-refractivity contribution in [1.29, 1.82) is 0 Å². The number of anilines is 1. The quantitative estimate of drug-likeness (QED) is 0.468. The van der Waals surface area contributed by atoms with Crippen LogP contribution in [-0.4, -0.2) is 106 Å². The van der Waals surface area contributed by atoms with E-state index in [1.807, 2.05) is 15.4 Å². The predicted octanol–water partition coefficient (Wildman–Crippen LogP) is 1.96. The van der Waals surface area contributed by atoms with Crippen molar-refractivity contribution in [2.24, 2.45) is 0 Å². The van der Waals surface area contributed by atoms with Crippen LogP contribution in [0.3, 0.4) is 0 Å². The smallest absolute Gasteiger partial charge is 0.241 e. The Morgan fingerprint density at radius 3 is 2.78 bits per heavy atom. The van der Waals surface area contributed by atoms with Crippen LogP contribution < -0.4 is 10.2 Å². The molecule has 6 rings (SSSR count). The van der Waals surface area contributed by atoms with Crippen molar-refractivity contribution in [3.63, 3.8) is 0 Å². The molecule has 0 unspecified atom stereocenters. The summed E-state index contributed by atoms with van der Waals surface area (Å²) < 4.78 is 21.1. The van der Waals surface area contributed by atoms with Gasteiger partial charge in [-0.15, -0.1) is 10.2 Å². The highest BCUT2D eigenvalue weighted by atomic mass is 19.1. The highest BCUT2D eigenvalue weighted by Crippen LogP contribution is 2.43. The average molecular weight is 566 g/mol. The van der Waals surface area contributed by atoms with Crippen molar-refractivity contribution in [2.75, 3.05) is 57.4 Å². The van der Waals surface area contributed by atoms with Gasteiger partial charge < -0.3 is 20.1 Å². The number of aliphatic hydroxyl groups excluding tert-OH is 1. The molecule has 1 aromatic carbocycles. The van der Waals surface area contributed by atoms with Crippen molar-refractivity contribution in [3.8, 4) is 0 Å². The van der Waals surface area contributed by atoms with Crippen LogP contribution in [0.2, 0.25) is 0 Å². The maximum Gasteiger partial charge on any atom is 0.241 e. The molecule has 3 aliphatic rings. The minimum Gasteiger partial charge on any atom is -0.384 e. The monoisotopic (exact) mass is 565 g/mol. The number of aliphatic hydroxyl groups is 1. The lowest BCUT2D eigenvalue weighted by Crippen LogP contribution is -2.62. The molecule has 4 atom stereocenters. The Bertz CT molecular complexity index is 1410. The third-order valence-electron chi connectivity index (χ3n) is 8.86. The molecule has 2 aromatic heterocycles. The van der Waals surface area contributed by atoms with Crippen LogP contribution in [0.25, 0.3) is 5.65 Å². The normalized spacial score (nSPS) is 25.9. The topological polar surface area (TPSA) is 98.5 Å². The molecule has 0 bridgehead atoms. The number of carbonyl (C=O) groups is 1. The number of hydrogen-bond donors (Lipinski definition) is 2. The lowest BCUT2D eigenvalue weighted by atomic mass is 9.90. The van der Waals surface area contributed by atoms with Crippen molar-refractivity contribution in [3.05, 3.63) is 59.3 Å². The Kier molecular flexibility index (Phi) is 7.58. The van der Waals surface area contributed by atoms with Gasteiger partial charge >= 0.3 is 0 Å². The molecule has 0 spiro atoms. The van der Waals surface area contributed by atoms with Crippen molar-refractivity contribution >= 4 is 17.2 Å². The van der Waals surface area contributed by atoms with E-state index in [2.05, 4.69) is 53.0 Å². The maximum absolute atomic E-state index is 14.1. The Morgan fingerprint density at radius 1 is 1.24 bits per heavy atom. The molecule has 3 aromatic rings. The van der Waals surface area contributed by atoms with Gasteiger partial charge in [0.2, 0.25) is 5.91 Å². The lowest BCUT2D eigenvalue weighted by Gasteiger charge is -2.43. The Balaban J connectivity index is 1.30. The van der Waals surface area contributed by atoms with Gasteiger partial charge in [-0.05, 0) is 37.6 Å². The molecule has 1 amide bonds. The number of amides is 1. The van der Waals surface area contributed by atoms with E-state index in [-0.39, 0.29) is 29.2 Å². The van der Waals surface area contributed by atoms with Crippen LogP contribution in [0.1, 0.15) is 50.6 Å². The van der Waals surface area contributed by atoms with Gasteiger partial charge in [-0.3, -0.25) is 19.0 Å². The highest BCUT2D eigenvalue weighted by Gasteiger charge is 2.42. The van der Waals surface area contributed by atoms with E-state index in [0.717, 1.165) is 50.8 Å². The van der Waals surface area contributed by atoms with E-state index in [4.69, 9.17) is 4.74 Å². The molecule has 3 aliphatic heterocycles. The first kappa shape index (κ1) is 28.2. The van der Waals surface area contributed by atoms with Crippen molar-refractivity contribution in [2.45, 2.75) is 57.3 Å². The molecule has 5 heterocycles. The molecular formula is C30H40FN7O3. The van der Waals surface area contributed by atoms with Crippen LogP contribution in [0.5, 0.6) is 0 Å². The van der Waals surface area contributed by atoms with Crippen LogP contribution in [0.4, 0.5) is 10.1 Å². The summed E-state index contributed by atoms with van der Waals surface area (Å²) in [6.07, 6.45) is 0.588. The zero-order valence-electron chi connectivity index (χ0n) is 24.3.